The van der Waals surface area contributed by atoms with Crippen molar-refractivity contribution >= 4 is 11.9 Å². The monoisotopic (exact) mass is 566 g/mol. The summed E-state index contributed by atoms with van der Waals surface area (Å²) in [7, 11) is 0. The lowest BCUT2D eigenvalue weighted by Crippen LogP contribution is -2.62. The second-order valence-corrected chi connectivity index (χ2v) is 13.8. The Morgan fingerprint density at radius 3 is 2.48 bits per heavy atom. The van der Waals surface area contributed by atoms with Crippen LogP contribution in [0, 0.1) is 40.4 Å². The number of hydrogen-bond acceptors (Lipinski definition) is 9. The van der Waals surface area contributed by atoms with Gasteiger partial charge in [0, 0.05) is 11.8 Å². The molecule has 1 aliphatic heterocycles. The van der Waals surface area contributed by atoms with Gasteiger partial charge in [-0.3, -0.25) is 9.59 Å². The second-order valence-electron chi connectivity index (χ2n) is 13.8. The SMILES string of the molecule is C=C1[C@H]2CC[C@H]3[C@]4(C)C[C@H](O[C@@H]5O[C@H](COC(=O)CC(C)C)[C@@H](O)[C@H](O)[C@H]5O)C[C@@H](C(=O)O)[C@H]4CC[C@]3(C2)[C@H]1O. The van der Waals surface area contributed by atoms with Crippen molar-refractivity contribution in [3.8, 4) is 0 Å². The van der Waals surface area contributed by atoms with Crippen LogP contribution in [0.15, 0.2) is 12.2 Å². The summed E-state index contributed by atoms with van der Waals surface area (Å²) in [6, 6.07) is 0. The fraction of sp³-hybridized carbons (Fsp3) is 0.867. The average molecular weight is 567 g/mol. The highest BCUT2D eigenvalue weighted by Crippen LogP contribution is 2.70. The van der Waals surface area contributed by atoms with Crippen molar-refractivity contribution in [2.24, 2.45) is 40.4 Å². The first-order chi connectivity index (χ1) is 18.8. The first-order valence-electron chi connectivity index (χ1n) is 14.9. The summed E-state index contributed by atoms with van der Waals surface area (Å²) < 4.78 is 17.3. The third-order valence-corrected chi connectivity index (χ3v) is 11.1. The van der Waals surface area contributed by atoms with Gasteiger partial charge in [0.25, 0.3) is 0 Å². The molecular weight excluding hydrogens is 520 g/mol. The minimum Gasteiger partial charge on any atom is -0.481 e. The van der Waals surface area contributed by atoms with E-state index < -0.39 is 66.2 Å². The number of aliphatic hydroxyl groups is 4. The van der Waals surface area contributed by atoms with Crippen molar-refractivity contribution in [2.75, 3.05) is 6.61 Å². The maximum Gasteiger partial charge on any atom is 0.306 e. The zero-order valence-electron chi connectivity index (χ0n) is 23.8. The van der Waals surface area contributed by atoms with Gasteiger partial charge < -0.3 is 39.7 Å². The van der Waals surface area contributed by atoms with Crippen LogP contribution in [0.3, 0.4) is 0 Å². The summed E-state index contributed by atoms with van der Waals surface area (Å²) in [6.45, 7) is 9.78. The molecule has 4 aliphatic carbocycles. The van der Waals surface area contributed by atoms with E-state index in [9.17, 15) is 35.1 Å². The summed E-state index contributed by atoms with van der Waals surface area (Å²) in [4.78, 5) is 24.6. The molecular formula is C30H46O10. The van der Waals surface area contributed by atoms with Gasteiger partial charge >= 0.3 is 11.9 Å². The van der Waals surface area contributed by atoms with Crippen molar-refractivity contribution in [1.82, 2.24) is 0 Å². The highest BCUT2D eigenvalue weighted by molar-refractivity contribution is 5.71. The molecule has 226 valence electrons. The molecule has 5 N–H and O–H groups in total. The van der Waals surface area contributed by atoms with Crippen LogP contribution in [-0.4, -0.2) is 87.0 Å². The summed E-state index contributed by atoms with van der Waals surface area (Å²) in [5, 5.41) is 53.4. The van der Waals surface area contributed by atoms with E-state index in [-0.39, 0.29) is 42.6 Å². The smallest absolute Gasteiger partial charge is 0.306 e. The topological polar surface area (TPSA) is 163 Å². The summed E-state index contributed by atoms with van der Waals surface area (Å²) >= 11 is 0. The van der Waals surface area contributed by atoms with E-state index in [4.69, 9.17) is 14.2 Å². The summed E-state index contributed by atoms with van der Waals surface area (Å²) in [5.41, 5.74) is 0.182. The van der Waals surface area contributed by atoms with Crippen LogP contribution in [0.5, 0.6) is 0 Å². The number of esters is 1. The van der Waals surface area contributed by atoms with Gasteiger partial charge in [-0.15, -0.1) is 0 Å². The molecule has 0 aromatic heterocycles. The number of aliphatic hydroxyl groups excluding tert-OH is 4. The normalized spacial score (nSPS) is 48.4. The molecule has 13 atom stereocenters. The molecule has 0 aromatic carbocycles. The molecule has 5 rings (SSSR count). The second kappa shape index (κ2) is 10.9. The summed E-state index contributed by atoms with van der Waals surface area (Å²) in [5.74, 6) is -1.58. The van der Waals surface area contributed by atoms with Crippen LogP contribution in [0.25, 0.3) is 0 Å². The Labute approximate surface area is 235 Å². The molecule has 1 heterocycles. The number of carbonyl (C=O) groups is 2. The van der Waals surface area contributed by atoms with E-state index in [0.29, 0.717) is 18.8 Å². The molecule has 40 heavy (non-hydrogen) atoms. The molecule has 0 radical (unpaired) electrons. The lowest BCUT2D eigenvalue weighted by atomic mass is 9.43. The Morgan fingerprint density at radius 1 is 1.07 bits per heavy atom. The van der Waals surface area contributed by atoms with Gasteiger partial charge in [-0.2, -0.15) is 0 Å². The van der Waals surface area contributed by atoms with E-state index in [1.165, 1.54) is 0 Å². The number of carboxylic acids is 1. The lowest BCUT2D eigenvalue weighted by Gasteiger charge is -2.62. The number of aliphatic carboxylic acids is 1. The molecule has 0 unspecified atom stereocenters. The fourth-order valence-electron chi connectivity index (χ4n) is 9.26. The van der Waals surface area contributed by atoms with E-state index in [1.54, 1.807) is 0 Å². The van der Waals surface area contributed by atoms with E-state index >= 15 is 0 Å². The van der Waals surface area contributed by atoms with Gasteiger partial charge in [0.05, 0.1) is 18.1 Å². The molecule has 4 saturated carbocycles. The molecule has 0 aromatic rings. The van der Waals surface area contributed by atoms with Crippen LogP contribution in [-0.2, 0) is 23.8 Å². The standard InChI is InChI=1S/C30H46O10/c1-14(2)9-22(31)38-13-20-23(32)24(33)25(34)28(40-20)39-17-10-18(27(36)37)19-7-8-30-11-16(15(3)26(30)35)5-6-21(30)29(19,4)12-17/h14,16-21,23-26,28,32-35H,3,5-13H2,1-2,4H3,(H,36,37)/t16-,17+,18+,19+,20+,21-,23+,24-,25+,26-,28+,29+,30+/m0/s1. The van der Waals surface area contributed by atoms with Crippen LogP contribution in [0.1, 0.15) is 72.1 Å². The first-order valence-corrected chi connectivity index (χ1v) is 14.9. The maximum absolute atomic E-state index is 12.5. The van der Waals surface area contributed by atoms with Gasteiger partial charge in [-0.1, -0.05) is 27.4 Å². The predicted octanol–water partition coefficient (Wildman–Crippen LogP) is 2.01. The minimum absolute atomic E-state index is 0.0733. The van der Waals surface area contributed by atoms with Crippen molar-refractivity contribution in [3.05, 3.63) is 12.2 Å². The van der Waals surface area contributed by atoms with Gasteiger partial charge in [-0.25, -0.2) is 0 Å². The van der Waals surface area contributed by atoms with Crippen molar-refractivity contribution in [1.29, 1.82) is 0 Å². The lowest BCUT2D eigenvalue weighted by molar-refractivity contribution is -0.320. The first kappa shape index (κ1) is 29.9. The molecule has 2 bridgehead atoms. The third-order valence-electron chi connectivity index (χ3n) is 11.1. The summed E-state index contributed by atoms with van der Waals surface area (Å²) in [6.07, 6.45) is -3.14. The number of carboxylic acid groups (broad SMARTS) is 1. The fourth-order valence-corrected chi connectivity index (χ4v) is 9.26. The molecule has 1 spiro atoms. The van der Waals surface area contributed by atoms with Crippen LogP contribution < -0.4 is 0 Å². The average Bonchev–Trinajstić information content (AvgIpc) is 3.06. The van der Waals surface area contributed by atoms with Gasteiger partial charge in [-0.05, 0) is 79.6 Å². The Bertz CT molecular complexity index is 999. The van der Waals surface area contributed by atoms with E-state index in [0.717, 1.165) is 31.3 Å². The van der Waals surface area contributed by atoms with Crippen molar-refractivity contribution < 1.29 is 49.3 Å². The quantitative estimate of drug-likeness (QED) is 0.175. The highest BCUT2D eigenvalue weighted by atomic mass is 16.7. The Morgan fingerprint density at radius 2 is 1.80 bits per heavy atom. The predicted molar refractivity (Wildman–Crippen MR) is 142 cm³/mol. The molecule has 5 aliphatic rings. The van der Waals surface area contributed by atoms with Crippen LogP contribution >= 0.6 is 0 Å². The zero-order chi connectivity index (χ0) is 29.1. The van der Waals surface area contributed by atoms with Crippen LogP contribution in [0.4, 0.5) is 0 Å². The van der Waals surface area contributed by atoms with Gasteiger partial charge in [0.1, 0.15) is 31.0 Å². The number of hydrogen-bond donors (Lipinski definition) is 5. The molecule has 5 fully saturated rings. The maximum atomic E-state index is 12.5. The van der Waals surface area contributed by atoms with Crippen LogP contribution in [0.2, 0.25) is 0 Å². The molecule has 1 saturated heterocycles. The van der Waals surface area contributed by atoms with Crippen molar-refractivity contribution in [3.63, 3.8) is 0 Å². The number of fused-ring (bicyclic) bond motifs is 3. The molecule has 10 heteroatoms. The van der Waals surface area contributed by atoms with E-state index in [2.05, 4.69) is 13.5 Å². The number of carbonyl (C=O) groups excluding carboxylic acids is 1. The van der Waals surface area contributed by atoms with Gasteiger partial charge in [0.15, 0.2) is 6.29 Å². The zero-order valence-corrected chi connectivity index (χ0v) is 23.8. The van der Waals surface area contributed by atoms with Crippen molar-refractivity contribution in [2.45, 2.75) is 115 Å². The Hall–Kier alpha value is -1.56. The molecule has 0 amide bonds. The van der Waals surface area contributed by atoms with E-state index in [1.807, 2.05) is 13.8 Å². The van der Waals surface area contributed by atoms with Gasteiger partial charge in [0.2, 0.25) is 0 Å². The largest absolute Gasteiger partial charge is 0.481 e. The third kappa shape index (κ3) is 4.92. The minimum atomic E-state index is -1.59. The Kier molecular flexibility index (Phi) is 8.18. The molecule has 10 nitrogen and oxygen atoms in total. The number of ether oxygens (including phenoxy) is 3. The highest BCUT2D eigenvalue weighted by Gasteiger charge is 2.67. The number of rotatable bonds is 7. The Balaban J connectivity index is 1.34.